The number of aliphatic carboxylic acids is 1. The molecule has 19 heavy (non-hydrogen) atoms. The molecule has 3 N–H and O–H groups in total. The Balaban J connectivity index is 1.97. The molecular formula is C12H20N2O5. The third-order valence-electron chi connectivity index (χ3n) is 3.89. The fourth-order valence-electron chi connectivity index (χ4n) is 2.89. The molecule has 1 heterocycles. The van der Waals surface area contributed by atoms with E-state index in [4.69, 9.17) is 9.84 Å². The zero-order chi connectivity index (χ0) is 14.0. The highest BCUT2D eigenvalue weighted by atomic mass is 16.5. The quantitative estimate of drug-likeness (QED) is 0.660. The lowest BCUT2D eigenvalue weighted by Crippen LogP contribution is -2.51. The van der Waals surface area contributed by atoms with E-state index in [9.17, 15) is 14.7 Å². The SMILES string of the molecule is COC1CCCC1NC(=O)N1C[C@@H](O)C[C@H]1C(=O)O. The number of nitrogens with zero attached hydrogens (tertiary/aromatic N) is 1. The fraction of sp³-hybridized carbons (Fsp3) is 0.833. The van der Waals surface area contributed by atoms with E-state index in [0.29, 0.717) is 0 Å². The molecule has 2 rings (SSSR count). The summed E-state index contributed by atoms with van der Waals surface area (Å²) in [5.74, 6) is -1.08. The van der Waals surface area contributed by atoms with Gasteiger partial charge >= 0.3 is 12.0 Å². The van der Waals surface area contributed by atoms with E-state index < -0.39 is 24.1 Å². The predicted octanol–water partition coefficient (Wildman–Crippen LogP) is -0.217. The lowest BCUT2D eigenvalue weighted by atomic mass is 10.2. The smallest absolute Gasteiger partial charge is 0.326 e. The molecule has 7 heteroatoms. The number of carboxylic acids is 1. The normalized spacial score (nSPS) is 34.5. The van der Waals surface area contributed by atoms with Crippen LogP contribution in [0.5, 0.6) is 0 Å². The highest BCUT2D eigenvalue weighted by molar-refractivity contribution is 5.83. The van der Waals surface area contributed by atoms with Crippen molar-refractivity contribution in [1.29, 1.82) is 0 Å². The van der Waals surface area contributed by atoms with E-state index in [1.165, 1.54) is 4.90 Å². The molecule has 2 amide bonds. The van der Waals surface area contributed by atoms with Crippen molar-refractivity contribution in [3.63, 3.8) is 0 Å². The van der Waals surface area contributed by atoms with Crippen LogP contribution in [-0.2, 0) is 9.53 Å². The molecule has 0 bridgehead atoms. The maximum atomic E-state index is 12.1. The summed E-state index contributed by atoms with van der Waals surface area (Å²) in [6.07, 6.45) is 2.01. The van der Waals surface area contributed by atoms with Crippen LogP contribution < -0.4 is 5.32 Å². The molecule has 0 aromatic rings. The summed E-state index contributed by atoms with van der Waals surface area (Å²) in [5, 5.41) is 21.4. The highest BCUT2D eigenvalue weighted by Gasteiger charge is 2.40. The summed E-state index contributed by atoms with van der Waals surface area (Å²) in [5.41, 5.74) is 0. The molecule has 0 radical (unpaired) electrons. The Kier molecular flexibility index (Phi) is 4.26. The molecule has 4 atom stereocenters. The maximum Gasteiger partial charge on any atom is 0.326 e. The summed E-state index contributed by atoms with van der Waals surface area (Å²) < 4.78 is 5.28. The number of carbonyl (C=O) groups excluding carboxylic acids is 1. The number of ether oxygens (including phenoxy) is 1. The Bertz CT molecular complexity index is 362. The second-order valence-electron chi connectivity index (χ2n) is 5.16. The van der Waals surface area contributed by atoms with Gasteiger partial charge in [-0.05, 0) is 19.3 Å². The minimum absolute atomic E-state index is 0.0141. The van der Waals surface area contributed by atoms with Crippen LogP contribution in [0, 0.1) is 0 Å². The van der Waals surface area contributed by atoms with Crippen molar-refractivity contribution >= 4 is 12.0 Å². The molecule has 0 spiro atoms. The van der Waals surface area contributed by atoms with Gasteiger partial charge in [0.05, 0.1) is 18.2 Å². The number of β-amino-alcohol motifs (C(OH)–C–C–N with tert-alkyl or cyclic N) is 1. The van der Waals surface area contributed by atoms with Gasteiger partial charge in [-0.15, -0.1) is 0 Å². The molecule has 1 saturated carbocycles. The van der Waals surface area contributed by atoms with E-state index in [-0.39, 0.29) is 25.1 Å². The largest absolute Gasteiger partial charge is 0.480 e. The summed E-state index contributed by atoms with van der Waals surface area (Å²) in [6, 6.07) is -1.46. The molecular weight excluding hydrogens is 252 g/mol. The number of carboxylic acid groups (broad SMARTS) is 1. The average molecular weight is 272 g/mol. The first-order chi connectivity index (χ1) is 9.02. The topological polar surface area (TPSA) is 99.1 Å². The fourth-order valence-corrected chi connectivity index (χ4v) is 2.89. The van der Waals surface area contributed by atoms with Crippen LogP contribution in [0.25, 0.3) is 0 Å². The van der Waals surface area contributed by atoms with Crippen molar-refractivity contribution < 1.29 is 24.5 Å². The minimum Gasteiger partial charge on any atom is -0.480 e. The Hall–Kier alpha value is -1.34. The molecule has 108 valence electrons. The van der Waals surface area contributed by atoms with Gasteiger partial charge < -0.3 is 25.2 Å². The van der Waals surface area contributed by atoms with Gasteiger partial charge in [-0.3, -0.25) is 0 Å². The first-order valence-electron chi connectivity index (χ1n) is 6.53. The second-order valence-corrected chi connectivity index (χ2v) is 5.16. The van der Waals surface area contributed by atoms with E-state index in [0.717, 1.165) is 19.3 Å². The number of likely N-dealkylation sites (tertiary alicyclic amines) is 1. The van der Waals surface area contributed by atoms with Crippen molar-refractivity contribution in [3.05, 3.63) is 0 Å². The van der Waals surface area contributed by atoms with Crippen LogP contribution in [-0.4, -0.2) is 65.1 Å². The zero-order valence-electron chi connectivity index (χ0n) is 10.9. The first kappa shape index (κ1) is 14.1. The Morgan fingerprint density at radius 2 is 2.11 bits per heavy atom. The molecule has 0 aromatic heterocycles. The Morgan fingerprint density at radius 1 is 1.37 bits per heavy atom. The molecule has 2 fully saturated rings. The number of aliphatic hydroxyl groups is 1. The van der Waals surface area contributed by atoms with Crippen molar-refractivity contribution in [2.45, 2.75) is 50.0 Å². The van der Waals surface area contributed by atoms with Crippen molar-refractivity contribution in [1.82, 2.24) is 10.2 Å². The molecule has 2 aliphatic rings. The number of amides is 2. The Labute approximate surface area is 111 Å². The lowest BCUT2D eigenvalue weighted by Gasteiger charge is -2.26. The zero-order valence-corrected chi connectivity index (χ0v) is 10.9. The van der Waals surface area contributed by atoms with Crippen LogP contribution in [0.4, 0.5) is 4.79 Å². The van der Waals surface area contributed by atoms with Gasteiger partial charge in [0, 0.05) is 20.1 Å². The number of aliphatic hydroxyl groups excluding tert-OH is 1. The number of hydrogen-bond donors (Lipinski definition) is 3. The third-order valence-corrected chi connectivity index (χ3v) is 3.89. The average Bonchev–Trinajstić information content (AvgIpc) is 2.95. The summed E-state index contributed by atoms with van der Waals surface area (Å²) in [6.45, 7) is 0.0627. The number of carbonyl (C=O) groups is 2. The van der Waals surface area contributed by atoms with Crippen LogP contribution in [0.15, 0.2) is 0 Å². The first-order valence-corrected chi connectivity index (χ1v) is 6.53. The Morgan fingerprint density at radius 3 is 2.74 bits per heavy atom. The van der Waals surface area contributed by atoms with E-state index in [2.05, 4.69) is 5.32 Å². The van der Waals surface area contributed by atoms with Crippen molar-refractivity contribution in [3.8, 4) is 0 Å². The number of urea groups is 1. The number of nitrogens with one attached hydrogen (secondary N) is 1. The van der Waals surface area contributed by atoms with Gasteiger partial charge in [-0.2, -0.15) is 0 Å². The van der Waals surface area contributed by atoms with Crippen molar-refractivity contribution in [2.24, 2.45) is 0 Å². The van der Waals surface area contributed by atoms with Gasteiger partial charge in [-0.1, -0.05) is 0 Å². The number of hydrogen-bond acceptors (Lipinski definition) is 4. The summed E-state index contributed by atoms with van der Waals surface area (Å²) >= 11 is 0. The van der Waals surface area contributed by atoms with Gasteiger partial charge in [0.25, 0.3) is 0 Å². The van der Waals surface area contributed by atoms with Crippen molar-refractivity contribution in [2.75, 3.05) is 13.7 Å². The third kappa shape index (κ3) is 2.98. The summed E-state index contributed by atoms with van der Waals surface area (Å²) in [7, 11) is 1.61. The van der Waals surface area contributed by atoms with Crippen LogP contribution in [0.2, 0.25) is 0 Å². The van der Waals surface area contributed by atoms with Gasteiger partial charge in [0.2, 0.25) is 0 Å². The predicted molar refractivity (Wildman–Crippen MR) is 65.7 cm³/mol. The van der Waals surface area contributed by atoms with Gasteiger partial charge in [0.15, 0.2) is 0 Å². The standard InChI is InChI=1S/C12H20N2O5/c1-19-10-4-2-3-8(10)13-12(18)14-6-7(15)5-9(14)11(16)17/h7-10,15H,2-6H2,1H3,(H,13,18)(H,16,17)/t7-,8?,9-,10?/m0/s1. The number of rotatable bonds is 3. The van der Waals surface area contributed by atoms with E-state index >= 15 is 0 Å². The number of methoxy groups -OCH3 is 1. The maximum absolute atomic E-state index is 12.1. The molecule has 0 aromatic carbocycles. The molecule has 1 saturated heterocycles. The van der Waals surface area contributed by atoms with Crippen LogP contribution >= 0.6 is 0 Å². The lowest BCUT2D eigenvalue weighted by molar-refractivity contribution is -0.141. The molecule has 1 aliphatic carbocycles. The molecule has 1 aliphatic heterocycles. The van der Waals surface area contributed by atoms with E-state index in [1.54, 1.807) is 7.11 Å². The monoisotopic (exact) mass is 272 g/mol. The summed E-state index contributed by atoms with van der Waals surface area (Å²) in [4.78, 5) is 24.4. The van der Waals surface area contributed by atoms with Crippen LogP contribution in [0.3, 0.4) is 0 Å². The van der Waals surface area contributed by atoms with Crippen LogP contribution in [0.1, 0.15) is 25.7 Å². The second kappa shape index (κ2) is 5.75. The molecule has 2 unspecified atom stereocenters. The molecule has 7 nitrogen and oxygen atoms in total. The highest BCUT2D eigenvalue weighted by Crippen LogP contribution is 2.23. The van der Waals surface area contributed by atoms with Gasteiger partial charge in [0.1, 0.15) is 6.04 Å². The van der Waals surface area contributed by atoms with Gasteiger partial charge in [-0.25, -0.2) is 9.59 Å². The minimum atomic E-state index is -1.08. The van der Waals surface area contributed by atoms with E-state index in [1.807, 2.05) is 0 Å².